The van der Waals surface area contributed by atoms with Crippen LogP contribution in [0.15, 0.2) is 53.4 Å². The molecule has 2 saturated heterocycles. The van der Waals surface area contributed by atoms with Crippen LogP contribution in [0.4, 0.5) is 11.4 Å². The number of aryl methyl sites for hydroxylation is 1. The number of hydrogen-bond acceptors (Lipinski definition) is 5. The van der Waals surface area contributed by atoms with Gasteiger partial charge in [0.1, 0.15) is 0 Å². The molecule has 0 radical (unpaired) electrons. The van der Waals surface area contributed by atoms with Gasteiger partial charge in [0.05, 0.1) is 18.1 Å². The molecule has 0 saturated carbocycles. The molecule has 2 aliphatic heterocycles. The number of sulfonamides is 1. The zero-order valence-electron chi connectivity index (χ0n) is 15.3. The molecule has 2 aliphatic rings. The summed E-state index contributed by atoms with van der Waals surface area (Å²) in [4.78, 5) is 2.53. The molecule has 0 bridgehead atoms. The molecule has 2 aromatic carbocycles. The maximum atomic E-state index is 12.5. The van der Waals surface area contributed by atoms with Crippen molar-refractivity contribution in [2.24, 2.45) is 0 Å². The maximum absolute atomic E-state index is 12.5. The Morgan fingerprint density at radius 3 is 2.11 bits per heavy atom. The molecule has 1 N–H and O–H groups in total. The van der Waals surface area contributed by atoms with Crippen LogP contribution in [0.1, 0.15) is 18.4 Å². The Morgan fingerprint density at radius 1 is 0.926 bits per heavy atom. The quantitative estimate of drug-likeness (QED) is 0.872. The molecular formula is C20H24N2O4S. The Morgan fingerprint density at radius 2 is 1.52 bits per heavy atom. The van der Waals surface area contributed by atoms with Crippen molar-refractivity contribution in [1.82, 2.24) is 0 Å². The standard InChI is InChI=1S/C20H24N2O4S/c1-16-2-8-19(9-3-16)27(23,24)21-17-4-6-18(7-5-17)22-12-10-20(11-13-22)25-14-15-26-20/h2-9,21H,10-15H2,1H3. The predicted molar refractivity (Wildman–Crippen MR) is 105 cm³/mol. The molecule has 1 spiro atoms. The van der Waals surface area contributed by atoms with Gasteiger partial charge in [-0.3, -0.25) is 4.72 Å². The van der Waals surface area contributed by atoms with E-state index in [-0.39, 0.29) is 10.7 Å². The third-order valence-electron chi connectivity index (χ3n) is 5.15. The summed E-state index contributed by atoms with van der Waals surface area (Å²) in [6.45, 7) is 4.99. The molecule has 0 aromatic heterocycles. The second kappa shape index (κ2) is 7.14. The summed E-state index contributed by atoms with van der Waals surface area (Å²) in [6, 6.07) is 14.3. The summed E-state index contributed by atoms with van der Waals surface area (Å²) in [5, 5.41) is 0. The fourth-order valence-corrected chi connectivity index (χ4v) is 4.62. The van der Waals surface area contributed by atoms with Crippen molar-refractivity contribution in [2.45, 2.75) is 30.4 Å². The van der Waals surface area contributed by atoms with E-state index in [1.165, 1.54) is 0 Å². The van der Waals surface area contributed by atoms with Gasteiger partial charge < -0.3 is 14.4 Å². The van der Waals surface area contributed by atoms with Crippen molar-refractivity contribution >= 4 is 21.4 Å². The van der Waals surface area contributed by atoms with E-state index < -0.39 is 10.0 Å². The first kappa shape index (κ1) is 18.3. The fourth-order valence-electron chi connectivity index (χ4n) is 3.56. The van der Waals surface area contributed by atoms with Crippen molar-refractivity contribution in [1.29, 1.82) is 0 Å². The Balaban J connectivity index is 1.41. The number of rotatable bonds is 4. The van der Waals surface area contributed by atoms with Gasteiger partial charge in [0.15, 0.2) is 5.79 Å². The number of nitrogens with zero attached hydrogens (tertiary/aromatic N) is 1. The van der Waals surface area contributed by atoms with Gasteiger partial charge in [-0.1, -0.05) is 17.7 Å². The molecule has 2 fully saturated rings. The first-order chi connectivity index (χ1) is 13.0. The average Bonchev–Trinajstić information content (AvgIpc) is 3.11. The molecule has 0 aliphatic carbocycles. The van der Waals surface area contributed by atoms with Crippen LogP contribution >= 0.6 is 0 Å². The zero-order valence-corrected chi connectivity index (χ0v) is 16.2. The van der Waals surface area contributed by atoms with Crippen molar-refractivity contribution in [3.63, 3.8) is 0 Å². The van der Waals surface area contributed by atoms with E-state index in [0.717, 1.165) is 37.2 Å². The predicted octanol–water partition coefficient (Wildman–Crippen LogP) is 3.14. The Labute approximate surface area is 160 Å². The van der Waals surface area contributed by atoms with Crippen molar-refractivity contribution < 1.29 is 17.9 Å². The SMILES string of the molecule is Cc1ccc(S(=O)(=O)Nc2ccc(N3CCC4(CC3)OCCO4)cc2)cc1. The lowest BCUT2D eigenvalue weighted by Crippen LogP contribution is -2.45. The van der Waals surface area contributed by atoms with E-state index in [2.05, 4.69) is 9.62 Å². The van der Waals surface area contributed by atoms with Crippen LogP contribution in [0.2, 0.25) is 0 Å². The summed E-state index contributed by atoms with van der Waals surface area (Å²) in [5.41, 5.74) is 2.64. The summed E-state index contributed by atoms with van der Waals surface area (Å²) < 4.78 is 39.2. The number of benzene rings is 2. The highest BCUT2D eigenvalue weighted by molar-refractivity contribution is 7.92. The minimum absolute atomic E-state index is 0.259. The van der Waals surface area contributed by atoms with Crippen molar-refractivity contribution in [3.8, 4) is 0 Å². The van der Waals surface area contributed by atoms with E-state index in [1.807, 2.05) is 19.1 Å². The Kier molecular flexibility index (Phi) is 4.84. The summed E-state index contributed by atoms with van der Waals surface area (Å²) in [6.07, 6.45) is 1.68. The molecule has 0 atom stereocenters. The largest absolute Gasteiger partial charge is 0.371 e. The van der Waals surface area contributed by atoms with Gasteiger partial charge in [-0.25, -0.2) is 8.42 Å². The van der Waals surface area contributed by atoms with Gasteiger partial charge in [0, 0.05) is 37.3 Å². The number of piperidine rings is 1. The summed E-state index contributed by atoms with van der Waals surface area (Å²) in [5.74, 6) is -0.389. The number of ether oxygens (including phenoxy) is 2. The molecule has 2 aromatic rings. The first-order valence-corrected chi connectivity index (χ1v) is 10.7. The maximum Gasteiger partial charge on any atom is 0.261 e. The minimum Gasteiger partial charge on any atom is -0.371 e. The van der Waals surface area contributed by atoms with Gasteiger partial charge in [-0.15, -0.1) is 0 Å². The molecule has 27 heavy (non-hydrogen) atoms. The highest BCUT2D eigenvalue weighted by Crippen LogP contribution is 2.33. The first-order valence-electron chi connectivity index (χ1n) is 9.18. The molecule has 0 unspecified atom stereocenters. The third-order valence-corrected chi connectivity index (χ3v) is 6.55. The summed E-state index contributed by atoms with van der Waals surface area (Å²) in [7, 11) is -3.58. The topological polar surface area (TPSA) is 67.9 Å². The van der Waals surface area contributed by atoms with Gasteiger partial charge >= 0.3 is 0 Å². The van der Waals surface area contributed by atoms with Gasteiger partial charge in [0.25, 0.3) is 10.0 Å². The van der Waals surface area contributed by atoms with Gasteiger partial charge in [-0.2, -0.15) is 0 Å². The van der Waals surface area contributed by atoms with Crippen LogP contribution in [-0.2, 0) is 19.5 Å². The highest BCUT2D eigenvalue weighted by Gasteiger charge is 2.39. The van der Waals surface area contributed by atoms with Crippen LogP contribution in [0, 0.1) is 6.92 Å². The summed E-state index contributed by atoms with van der Waals surface area (Å²) >= 11 is 0. The molecule has 2 heterocycles. The number of hydrogen-bond donors (Lipinski definition) is 1. The molecule has 144 valence electrons. The number of nitrogens with one attached hydrogen (secondary N) is 1. The molecule has 4 rings (SSSR count). The van der Waals surface area contributed by atoms with Gasteiger partial charge in [0.2, 0.25) is 0 Å². The molecular weight excluding hydrogens is 364 g/mol. The third kappa shape index (κ3) is 3.95. The van der Waals surface area contributed by atoms with E-state index in [0.29, 0.717) is 18.9 Å². The second-order valence-electron chi connectivity index (χ2n) is 7.06. The van der Waals surface area contributed by atoms with Crippen molar-refractivity contribution in [2.75, 3.05) is 35.9 Å². The van der Waals surface area contributed by atoms with Gasteiger partial charge in [-0.05, 0) is 43.3 Å². The lowest BCUT2D eigenvalue weighted by Gasteiger charge is -2.38. The van der Waals surface area contributed by atoms with Crippen molar-refractivity contribution in [3.05, 3.63) is 54.1 Å². The average molecular weight is 388 g/mol. The van der Waals surface area contributed by atoms with E-state index >= 15 is 0 Å². The van der Waals surface area contributed by atoms with Crippen LogP contribution < -0.4 is 9.62 Å². The van der Waals surface area contributed by atoms with E-state index in [1.54, 1.807) is 36.4 Å². The monoisotopic (exact) mass is 388 g/mol. The Bertz CT molecular complexity index is 879. The molecule has 0 amide bonds. The zero-order chi connectivity index (χ0) is 18.9. The van der Waals surface area contributed by atoms with E-state index in [9.17, 15) is 8.42 Å². The number of anilines is 2. The highest BCUT2D eigenvalue weighted by atomic mass is 32.2. The molecule has 7 heteroatoms. The normalized spacial score (nSPS) is 19.4. The van der Waals surface area contributed by atoms with Crippen LogP contribution in [0.3, 0.4) is 0 Å². The van der Waals surface area contributed by atoms with Crippen LogP contribution in [0.25, 0.3) is 0 Å². The molecule has 6 nitrogen and oxygen atoms in total. The fraction of sp³-hybridized carbons (Fsp3) is 0.400. The Hall–Kier alpha value is -2.09. The lowest BCUT2D eigenvalue weighted by atomic mass is 10.0. The van der Waals surface area contributed by atoms with Crippen LogP contribution in [-0.4, -0.2) is 40.5 Å². The van der Waals surface area contributed by atoms with Crippen LogP contribution in [0.5, 0.6) is 0 Å². The van der Waals surface area contributed by atoms with E-state index in [4.69, 9.17) is 9.47 Å². The second-order valence-corrected chi connectivity index (χ2v) is 8.74. The lowest BCUT2D eigenvalue weighted by molar-refractivity contribution is -0.169. The minimum atomic E-state index is -3.58. The smallest absolute Gasteiger partial charge is 0.261 e.